The lowest BCUT2D eigenvalue weighted by atomic mass is 10.2. The van der Waals surface area contributed by atoms with Crippen LogP contribution in [0.15, 0.2) is 0 Å². The Hall–Kier alpha value is -0.330. The van der Waals surface area contributed by atoms with Crippen LogP contribution in [0.2, 0.25) is 0 Å². The first-order valence-corrected chi connectivity index (χ1v) is 4.45. The lowest BCUT2D eigenvalue weighted by Crippen LogP contribution is -2.22. The summed E-state index contributed by atoms with van der Waals surface area (Å²) < 4.78 is 4.35. The molecule has 0 bridgehead atoms. The van der Waals surface area contributed by atoms with Gasteiger partial charge < -0.3 is 20.1 Å². The van der Waals surface area contributed by atoms with E-state index in [4.69, 9.17) is 15.3 Å². The Morgan fingerprint density at radius 1 is 1.54 bits per heavy atom. The Morgan fingerprint density at radius 3 is 1.85 bits per heavy atom. The Bertz CT molecular complexity index is 140. The summed E-state index contributed by atoms with van der Waals surface area (Å²) >= 11 is 2.68. The molecule has 0 fully saturated rings. The number of halogens is 1. The van der Waals surface area contributed by atoms with Crippen LogP contribution in [-0.2, 0) is 4.74 Å². The highest BCUT2D eigenvalue weighted by atomic mass is 79.9. The largest absolute Gasteiger partial charge is 0.506 e. The lowest BCUT2D eigenvalue weighted by Gasteiger charge is -2.15. The third kappa shape index (κ3) is 24.5. The van der Waals surface area contributed by atoms with Gasteiger partial charge in [0.1, 0.15) is 10.6 Å². The van der Waals surface area contributed by atoms with Crippen LogP contribution < -0.4 is 0 Å². The van der Waals surface area contributed by atoms with Crippen molar-refractivity contribution in [2.45, 2.75) is 31.4 Å². The smallest absolute Gasteiger partial charge is 0.450 e. The third-order valence-electron chi connectivity index (χ3n) is 0.544. The highest BCUT2D eigenvalue weighted by Crippen LogP contribution is 2.05. The minimum atomic E-state index is -1.22. The Morgan fingerprint density at radius 2 is 1.85 bits per heavy atom. The number of carboxylic acid groups (broad SMARTS) is 1. The molecule has 0 saturated heterocycles. The zero-order chi connectivity index (χ0) is 11.1. The van der Waals surface area contributed by atoms with Crippen LogP contribution >= 0.6 is 15.9 Å². The topological polar surface area (TPSA) is 87.0 Å². The van der Waals surface area contributed by atoms with Crippen molar-refractivity contribution >= 4 is 22.1 Å². The molecule has 6 heteroatoms. The molecule has 13 heavy (non-hydrogen) atoms. The van der Waals surface area contributed by atoms with Crippen molar-refractivity contribution in [1.29, 1.82) is 0 Å². The highest BCUT2D eigenvalue weighted by molar-refractivity contribution is 9.09. The van der Waals surface area contributed by atoms with Gasteiger partial charge >= 0.3 is 6.16 Å². The second kappa shape index (κ2) is 7.11. The predicted molar refractivity (Wildman–Crippen MR) is 50.9 cm³/mol. The van der Waals surface area contributed by atoms with Gasteiger partial charge in [-0.1, -0.05) is 15.9 Å². The molecule has 0 aliphatic carbocycles. The zero-order valence-electron chi connectivity index (χ0n) is 7.82. The van der Waals surface area contributed by atoms with Crippen LogP contribution in [0.5, 0.6) is 0 Å². The van der Waals surface area contributed by atoms with Gasteiger partial charge in [-0.3, -0.25) is 0 Å². The quantitative estimate of drug-likeness (QED) is 0.486. The van der Waals surface area contributed by atoms with Crippen molar-refractivity contribution < 1.29 is 24.9 Å². The molecule has 1 unspecified atom stereocenters. The molecule has 0 aromatic heterocycles. The van der Waals surface area contributed by atoms with E-state index in [2.05, 4.69) is 20.7 Å². The van der Waals surface area contributed by atoms with Gasteiger partial charge in [0.15, 0.2) is 0 Å². The first kappa shape index (κ1) is 15.2. The van der Waals surface area contributed by atoms with E-state index < -0.39 is 16.8 Å². The molecule has 1 atom stereocenters. The summed E-state index contributed by atoms with van der Waals surface area (Å²) in [5.74, 6) is 0. The molecule has 3 N–H and O–H groups in total. The maximum Gasteiger partial charge on any atom is 0.506 e. The summed E-state index contributed by atoms with van der Waals surface area (Å²) in [4.78, 5) is 9.79. The molecule has 0 heterocycles. The van der Waals surface area contributed by atoms with Crippen LogP contribution in [0.4, 0.5) is 4.79 Å². The fourth-order valence-electron chi connectivity index (χ4n) is 0.262. The normalized spacial score (nSPS) is 12.5. The first-order chi connectivity index (χ1) is 5.69. The van der Waals surface area contributed by atoms with Crippen LogP contribution in [-0.4, -0.2) is 38.7 Å². The summed E-state index contributed by atoms with van der Waals surface area (Å²) in [5, 5.41) is 23.2. The number of aliphatic hydroxyl groups excluding tert-OH is 2. The van der Waals surface area contributed by atoms with Gasteiger partial charge in [0.05, 0.1) is 6.61 Å². The number of ether oxygens (including phenoxy) is 1. The fourth-order valence-corrected chi connectivity index (χ4v) is 0.262. The van der Waals surface area contributed by atoms with Crippen molar-refractivity contribution in [2.24, 2.45) is 0 Å². The molecule has 0 aliphatic heterocycles. The fraction of sp³-hybridized carbons (Fsp3) is 0.857. The van der Waals surface area contributed by atoms with E-state index in [1.807, 2.05) is 0 Å². The zero-order valence-corrected chi connectivity index (χ0v) is 9.41. The van der Waals surface area contributed by atoms with Gasteiger partial charge in [-0.2, -0.15) is 0 Å². The maximum atomic E-state index is 9.79. The van der Waals surface area contributed by atoms with Gasteiger partial charge in [-0.05, 0) is 20.8 Å². The number of carbonyl (C=O) groups is 1. The predicted octanol–water partition coefficient (Wildman–Crippen LogP) is 1.17. The average Bonchev–Trinajstić information content (AvgIpc) is 1.83. The van der Waals surface area contributed by atoms with E-state index >= 15 is 0 Å². The second-order valence-corrected chi connectivity index (χ2v) is 4.15. The van der Waals surface area contributed by atoms with Crippen molar-refractivity contribution in [1.82, 2.24) is 0 Å². The molecule has 0 saturated carbocycles. The van der Waals surface area contributed by atoms with E-state index in [0.717, 1.165) is 0 Å². The Balaban J connectivity index is 0. The van der Waals surface area contributed by atoms with Crippen molar-refractivity contribution in [3.05, 3.63) is 0 Å². The summed E-state index contributed by atoms with van der Waals surface area (Å²) in [5.41, 5.74) is -0.578. The van der Waals surface area contributed by atoms with Gasteiger partial charge in [0, 0.05) is 0 Å². The average molecular weight is 259 g/mol. The van der Waals surface area contributed by atoms with Gasteiger partial charge in [0.2, 0.25) is 0 Å². The van der Waals surface area contributed by atoms with E-state index in [1.54, 1.807) is 20.8 Å². The molecule has 0 spiro atoms. The van der Waals surface area contributed by atoms with Crippen LogP contribution in [0.25, 0.3) is 0 Å². The summed E-state index contributed by atoms with van der Waals surface area (Å²) in [6, 6.07) is 0. The van der Waals surface area contributed by atoms with E-state index in [1.165, 1.54) is 0 Å². The summed E-state index contributed by atoms with van der Waals surface area (Å²) in [6.45, 7) is 4.82. The standard InChI is InChI=1S/C5H10O3.C2H5BrO2/c1-5(2,3)8-4(6)7;3-2(5)1-4/h1-3H3,(H,6,7);2,4-5H,1H2. The number of rotatable bonds is 1. The number of alkyl halides is 1. The summed E-state index contributed by atoms with van der Waals surface area (Å²) in [6.07, 6.45) is -1.22. The van der Waals surface area contributed by atoms with Crippen LogP contribution in [0.1, 0.15) is 20.8 Å². The van der Waals surface area contributed by atoms with Crippen molar-refractivity contribution in [3.63, 3.8) is 0 Å². The molecule has 0 aliphatic rings. The number of hydrogen-bond acceptors (Lipinski definition) is 4. The molecule has 0 amide bonds. The Kier molecular flexibility index (Phi) is 8.29. The van der Waals surface area contributed by atoms with Crippen LogP contribution in [0, 0.1) is 0 Å². The SMILES string of the molecule is CC(C)(C)OC(=O)O.OCC(O)Br. The van der Waals surface area contributed by atoms with Crippen molar-refractivity contribution in [2.75, 3.05) is 6.61 Å². The molecule has 5 nitrogen and oxygen atoms in total. The van der Waals surface area contributed by atoms with Crippen LogP contribution in [0.3, 0.4) is 0 Å². The molecule has 80 valence electrons. The lowest BCUT2D eigenvalue weighted by molar-refractivity contribution is 0.0150. The molecule has 0 rings (SSSR count). The Labute approximate surface area is 85.5 Å². The van der Waals surface area contributed by atoms with Crippen molar-refractivity contribution in [3.8, 4) is 0 Å². The number of hydrogen-bond donors (Lipinski definition) is 3. The number of aliphatic hydroxyl groups is 2. The monoisotopic (exact) mass is 258 g/mol. The molecule has 0 aromatic rings. The molecule has 0 radical (unpaired) electrons. The van der Waals surface area contributed by atoms with E-state index in [9.17, 15) is 4.79 Å². The highest BCUT2D eigenvalue weighted by Gasteiger charge is 2.13. The van der Waals surface area contributed by atoms with Gasteiger partial charge in [0.25, 0.3) is 0 Å². The molecular formula is C7H15BrO5. The van der Waals surface area contributed by atoms with E-state index in [0.29, 0.717) is 0 Å². The third-order valence-corrected chi connectivity index (χ3v) is 0.834. The second-order valence-electron chi connectivity index (χ2n) is 3.10. The molecular weight excluding hydrogens is 244 g/mol. The van der Waals surface area contributed by atoms with Gasteiger partial charge in [-0.15, -0.1) is 0 Å². The summed E-state index contributed by atoms with van der Waals surface area (Å²) in [7, 11) is 0. The molecule has 0 aromatic carbocycles. The minimum absolute atomic E-state index is 0.222. The first-order valence-electron chi connectivity index (χ1n) is 3.54. The minimum Gasteiger partial charge on any atom is -0.450 e. The van der Waals surface area contributed by atoms with Gasteiger partial charge in [-0.25, -0.2) is 4.79 Å². The maximum absolute atomic E-state index is 9.79. The van der Waals surface area contributed by atoms with E-state index in [-0.39, 0.29) is 6.61 Å².